The smallest absolute Gasteiger partial charge is 0.160 e. The number of hydrogen-bond donors (Lipinski definition) is 0. The molecule has 0 spiro atoms. The van der Waals surface area contributed by atoms with E-state index in [-0.39, 0.29) is 0 Å². The van der Waals surface area contributed by atoms with Gasteiger partial charge in [0, 0.05) is 38.4 Å². The zero-order valence-corrected chi connectivity index (χ0v) is 30.5. The van der Waals surface area contributed by atoms with Crippen LogP contribution in [0.2, 0.25) is 0 Å². The second-order valence-electron chi connectivity index (χ2n) is 14.0. The van der Waals surface area contributed by atoms with Crippen LogP contribution in [0.15, 0.2) is 212 Å². The van der Waals surface area contributed by atoms with Crippen molar-refractivity contribution in [3.8, 4) is 78.5 Å². The van der Waals surface area contributed by atoms with Gasteiger partial charge in [-0.3, -0.25) is 0 Å². The van der Waals surface area contributed by atoms with E-state index in [0.717, 1.165) is 66.8 Å². The van der Waals surface area contributed by atoms with Crippen molar-refractivity contribution < 1.29 is 0 Å². The molecule has 2 aromatic heterocycles. The second kappa shape index (κ2) is 14.4. The molecule has 8 aromatic carbocycles. The van der Waals surface area contributed by atoms with Gasteiger partial charge in [-0.25, -0.2) is 15.0 Å². The number of aromatic nitrogens is 3. The van der Waals surface area contributed by atoms with Gasteiger partial charge in [0.2, 0.25) is 0 Å². The molecule has 3 heteroatoms. The van der Waals surface area contributed by atoms with Crippen LogP contribution < -0.4 is 0 Å². The van der Waals surface area contributed by atoms with Crippen molar-refractivity contribution in [3.63, 3.8) is 0 Å². The van der Waals surface area contributed by atoms with Crippen LogP contribution in [0.25, 0.3) is 100 Å². The van der Waals surface area contributed by atoms with Gasteiger partial charge in [-0.05, 0) is 57.6 Å². The maximum Gasteiger partial charge on any atom is 0.160 e. The van der Waals surface area contributed by atoms with Crippen LogP contribution in [0, 0.1) is 0 Å². The molecule has 0 aliphatic rings. The van der Waals surface area contributed by atoms with Crippen molar-refractivity contribution in [2.75, 3.05) is 0 Å². The topological polar surface area (TPSA) is 38.7 Å². The zero-order valence-electron chi connectivity index (χ0n) is 30.5. The summed E-state index contributed by atoms with van der Waals surface area (Å²) >= 11 is 0. The molecule has 262 valence electrons. The first-order valence-electron chi connectivity index (χ1n) is 18.9. The van der Waals surface area contributed by atoms with Crippen LogP contribution in [0.3, 0.4) is 0 Å². The maximum absolute atomic E-state index is 5.31. The van der Waals surface area contributed by atoms with Gasteiger partial charge in [0.1, 0.15) is 0 Å². The summed E-state index contributed by atoms with van der Waals surface area (Å²) in [5.74, 6) is 0.708. The molecule has 0 bridgehead atoms. The lowest BCUT2D eigenvalue weighted by Gasteiger charge is -2.16. The molecule has 3 nitrogen and oxygen atoms in total. The summed E-state index contributed by atoms with van der Waals surface area (Å²) < 4.78 is 0. The van der Waals surface area contributed by atoms with Crippen LogP contribution in [-0.4, -0.2) is 15.0 Å². The number of rotatable bonds is 7. The highest BCUT2D eigenvalue weighted by molar-refractivity contribution is 6.17. The minimum absolute atomic E-state index is 0.708. The maximum atomic E-state index is 5.31. The van der Waals surface area contributed by atoms with Gasteiger partial charge in [-0.15, -0.1) is 0 Å². The average molecular weight is 714 g/mol. The molecule has 2 heterocycles. The molecule has 0 N–H and O–H groups in total. The predicted octanol–water partition coefficient (Wildman–Crippen LogP) is 13.8. The largest absolute Gasteiger partial charge is 0.247 e. The summed E-state index contributed by atoms with van der Waals surface area (Å²) in [6.45, 7) is 0. The van der Waals surface area contributed by atoms with E-state index >= 15 is 0 Å². The highest BCUT2D eigenvalue weighted by atomic mass is 14.9. The summed E-state index contributed by atoms with van der Waals surface area (Å²) in [6, 6.07) is 74.6. The van der Waals surface area contributed by atoms with Crippen molar-refractivity contribution in [2.45, 2.75) is 0 Å². The summed E-state index contributed by atoms with van der Waals surface area (Å²) in [5.41, 5.74) is 14.9. The number of hydrogen-bond acceptors (Lipinski definition) is 3. The van der Waals surface area contributed by atoms with Gasteiger partial charge >= 0.3 is 0 Å². The summed E-state index contributed by atoms with van der Waals surface area (Å²) in [7, 11) is 0. The lowest BCUT2D eigenvalue weighted by Crippen LogP contribution is -1.95. The molecule has 0 radical (unpaired) electrons. The molecule has 56 heavy (non-hydrogen) atoms. The van der Waals surface area contributed by atoms with E-state index in [9.17, 15) is 0 Å². The Morgan fingerprint density at radius 1 is 0.268 bits per heavy atom. The van der Waals surface area contributed by atoms with Crippen LogP contribution in [0.1, 0.15) is 0 Å². The third kappa shape index (κ3) is 6.31. The minimum Gasteiger partial charge on any atom is -0.247 e. The molecule has 0 aliphatic heterocycles. The Bertz CT molecular complexity index is 2920. The van der Waals surface area contributed by atoms with E-state index in [4.69, 9.17) is 15.0 Å². The van der Waals surface area contributed by atoms with Crippen LogP contribution in [0.4, 0.5) is 0 Å². The first-order valence-corrected chi connectivity index (χ1v) is 18.9. The third-order valence-electron chi connectivity index (χ3n) is 10.5. The van der Waals surface area contributed by atoms with Crippen molar-refractivity contribution in [3.05, 3.63) is 212 Å². The Hall–Kier alpha value is -7.49. The Balaban J connectivity index is 1.11. The Morgan fingerprint density at radius 2 is 0.750 bits per heavy atom. The van der Waals surface area contributed by atoms with E-state index in [1.807, 2.05) is 36.4 Å². The fourth-order valence-electron chi connectivity index (χ4n) is 7.69. The second-order valence-corrected chi connectivity index (χ2v) is 14.0. The molecule has 0 atom stereocenters. The van der Waals surface area contributed by atoms with Crippen LogP contribution >= 0.6 is 0 Å². The van der Waals surface area contributed by atoms with Crippen LogP contribution in [0.5, 0.6) is 0 Å². The third-order valence-corrected chi connectivity index (χ3v) is 10.5. The Labute approximate surface area is 326 Å². The summed E-state index contributed by atoms with van der Waals surface area (Å²) in [5, 5.41) is 3.45. The van der Waals surface area contributed by atoms with Crippen LogP contribution in [-0.2, 0) is 0 Å². The van der Waals surface area contributed by atoms with Gasteiger partial charge in [-0.1, -0.05) is 188 Å². The fraction of sp³-hybridized carbons (Fsp3) is 0. The highest BCUT2D eigenvalue weighted by Gasteiger charge is 2.17. The first-order chi connectivity index (χ1) is 27.7. The SMILES string of the molecule is c1ccc(-c2cccc(-c3cccc4c(-c5ccccc5)nc5ccc(-c6ccc(-c7cc(-c8ccccc8)nc(-c8ccccc8)n7)cc6)cc5c34)c2)cc1. The molecule has 0 unspecified atom stereocenters. The molecule has 0 saturated heterocycles. The van der Waals surface area contributed by atoms with E-state index in [1.54, 1.807) is 0 Å². The highest BCUT2D eigenvalue weighted by Crippen LogP contribution is 2.41. The van der Waals surface area contributed by atoms with E-state index < -0.39 is 0 Å². The number of pyridine rings is 1. The van der Waals surface area contributed by atoms with E-state index in [0.29, 0.717) is 5.82 Å². The molecule has 10 aromatic rings. The normalized spacial score (nSPS) is 11.2. The predicted molar refractivity (Wildman–Crippen MR) is 233 cm³/mol. The summed E-state index contributed by atoms with van der Waals surface area (Å²) in [6.07, 6.45) is 0. The molecule has 0 saturated carbocycles. The quantitative estimate of drug-likeness (QED) is 0.154. The van der Waals surface area contributed by atoms with Crippen molar-refractivity contribution in [1.29, 1.82) is 0 Å². The molecule has 0 fully saturated rings. The average Bonchev–Trinajstić information content (AvgIpc) is 3.29. The van der Waals surface area contributed by atoms with E-state index in [2.05, 4.69) is 176 Å². The Kier molecular flexibility index (Phi) is 8.51. The molecular formula is C53H35N3. The lowest BCUT2D eigenvalue weighted by molar-refractivity contribution is 1.18. The Morgan fingerprint density at radius 3 is 1.43 bits per heavy atom. The fourth-order valence-corrected chi connectivity index (χ4v) is 7.69. The van der Waals surface area contributed by atoms with Gasteiger partial charge < -0.3 is 0 Å². The van der Waals surface area contributed by atoms with E-state index in [1.165, 1.54) is 27.6 Å². The molecule has 0 aliphatic carbocycles. The number of benzene rings is 8. The number of nitrogens with zero attached hydrogens (tertiary/aromatic N) is 3. The van der Waals surface area contributed by atoms with Crippen molar-refractivity contribution in [2.24, 2.45) is 0 Å². The van der Waals surface area contributed by atoms with Gasteiger partial charge in [0.15, 0.2) is 5.82 Å². The zero-order chi connectivity index (χ0) is 37.3. The number of fused-ring (bicyclic) bond motifs is 3. The molecular weight excluding hydrogens is 679 g/mol. The lowest BCUT2D eigenvalue weighted by atomic mass is 9.90. The van der Waals surface area contributed by atoms with Gasteiger partial charge in [0.25, 0.3) is 0 Å². The molecule has 0 amide bonds. The minimum atomic E-state index is 0.708. The summed E-state index contributed by atoms with van der Waals surface area (Å²) in [4.78, 5) is 15.3. The van der Waals surface area contributed by atoms with Gasteiger partial charge in [-0.2, -0.15) is 0 Å². The van der Waals surface area contributed by atoms with Crippen molar-refractivity contribution in [1.82, 2.24) is 15.0 Å². The standard InChI is InChI=1S/C53H35N3/c1-5-15-36(16-6-1)42-23-13-24-44(33-42)45-25-14-26-46-51(45)47-34-43(31-32-48(47)54-52(46)40-19-9-3-10-20-40)37-27-29-39(30-28-37)50-35-49(38-17-7-2-8-18-38)55-53(56-50)41-21-11-4-12-22-41/h1-35H. The van der Waals surface area contributed by atoms with Gasteiger partial charge in [0.05, 0.1) is 22.6 Å². The monoisotopic (exact) mass is 713 g/mol. The first kappa shape index (κ1) is 33.1. The van der Waals surface area contributed by atoms with Crippen molar-refractivity contribution >= 4 is 21.7 Å². The molecule has 10 rings (SSSR count).